The molecule has 2 aromatic carbocycles. The van der Waals surface area contributed by atoms with E-state index in [1.165, 1.54) is 31.7 Å². The molecule has 0 aliphatic carbocycles. The van der Waals surface area contributed by atoms with Crippen molar-refractivity contribution in [2.24, 2.45) is 5.16 Å². The van der Waals surface area contributed by atoms with Crippen LogP contribution in [0.1, 0.15) is 44.9 Å². The normalized spacial score (nSPS) is 11.1. The van der Waals surface area contributed by atoms with Gasteiger partial charge in [-0.1, -0.05) is 28.7 Å². The maximum Gasteiger partial charge on any atom is 0.338 e. The zero-order valence-electron chi connectivity index (χ0n) is 17.6. The largest absolute Gasteiger partial charge is 0.460 e. The number of nitrogens with zero attached hydrogens (tertiary/aromatic N) is 1. The fourth-order valence-corrected chi connectivity index (χ4v) is 3.70. The van der Waals surface area contributed by atoms with Crippen molar-refractivity contribution in [3.63, 3.8) is 0 Å². The Labute approximate surface area is 193 Å². The van der Waals surface area contributed by atoms with Crippen LogP contribution in [-0.4, -0.2) is 53.1 Å². The molecule has 0 saturated carbocycles. The number of aliphatic hydroxyl groups excluding tert-OH is 1. The quantitative estimate of drug-likeness (QED) is 0.191. The molecule has 0 atom stereocenters. The molecule has 0 aliphatic heterocycles. The molecule has 0 saturated heterocycles. The number of Topliss-reactive ketones (excluding diaryl/α,β-unsaturated/α-hetero) is 1. The molecule has 32 heavy (non-hydrogen) atoms. The van der Waals surface area contributed by atoms with Gasteiger partial charge in [0.1, 0.15) is 12.3 Å². The molecule has 8 nitrogen and oxygen atoms in total. The summed E-state index contributed by atoms with van der Waals surface area (Å²) >= 11 is 2.32. The number of hydrogen-bond donors (Lipinski definition) is 1. The third-order valence-electron chi connectivity index (χ3n) is 3.93. The van der Waals surface area contributed by atoms with E-state index < -0.39 is 17.7 Å². The average Bonchev–Trinajstić information content (AvgIpc) is 2.80. The Morgan fingerprint density at radius 1 is 0.969 bits per heavy atom. The van der Waals surface area contributed by atoms with Gasteiger partial charge in [0.05, 0.1) is 12.2 Å². The molecule has 0 amide bonds. The SMILES string of the molecule is CSC(=O)c1cc(Sc2ccc(C(=O)OCCO)cc2)ccc1C(=O)/C(C)=N/OC(C)=O. The second-order valence-electron chi connectivity index (χ2n) is 6.27. The Hall–Kier alpha value is -2.95. The summed E-state index contributed by atoms with van der Waals surface area (Å²) in [6.45, 7) is 2.25. The van der Waals surface area contributed by atoms with Crippen molar-refractivity contribution in [1.82, 2.24) is 0 Å². The van der Waals surface area contributed by atoms with E-state index in [1.54, 1.807) is 42.7 Å². The van der Waals surface area contributed by atoms with Crippen LogP contribution in [0.5, 0.6) is 0 Å². The Balaban J connectivity index is 2.26. The highest BCUT2D eigenvalue weighted by molar-refractivity contribution is 8.13. The molecule has 0 spiro atoms. The minimum absolute atomic E-state index is 0.0561. The maximum atomic E-state index is 12.7. The molecule has 0 radical (unpaired) electrons. The Kier molecular flexibility index (Phi) is 9.63. The van der Waals surface area contributed by atoms with Crippen molar-refractivity contribution in [3.05, 3.63) is 59.2 Å². The summed E-state index contributed by atoms with van der Waals surface area (Å²) in [5.41, 5.74) is 0.669. The van der Waals surface area contributed by atoms with Crippen molar-refractivity contribution in [1.29, 1.82) is 0 Å². The van der Waals surface area contributed by atoms with E-state index in [2.05, 4.69) is 9.99 Å². The van der Waals surface area contributed by atoms with Gasteiger partial charge in [-0.3, -0.25) is 9.59 Å². The number of carbonyl (C=O) groups excluding carboxylic acids is 4. The Bertz CT molecular complexity index is 1050. The van der Waals surface area contributed by atoms with E-state index in [9.17, 15) is 19.2 Å². The monoisotopic (exact) mass is 475 g/mol. The van der Waals surface area contributed by atoms with Gasteiger partial charge in [-0.25, -0.2) is 9.59 Å². The van der Waals surface area contributed by atoms with Crippen molar-refractivity contribution in [2.45, 2.75) is 23.6 Å². The van der Waals surface area contributed by atoms with Crippen molar-refractivity contribution in [2.75, 3.05) is 19.5 Å². The van der Waals surface area contributed by atoms with E-state index in [-0.39, 0.29) is 35.2 Å². The van der Waals surface area contributed by atoms with Crippen LogP contribution >= 0.6 is 23.5 Å². The van der Waals surface area contributed by atoms with E-state index in [1.807, 2.05) is 0 Å². The van der Waals surface area contributed by atoms with Crippen molar-refractivity contribution in [3.8, 4) is 0 Å². The molecule has 0 aromatic heterocycles. The summed E-state index contributed by atoms with van der Waals surface area (Å²) < 4.78 is 4.87. The lowest BCUT2D eigenvalue weighted by Gasteiger charge is -2.10. The summed E-state index contributed by atoms with van der Waals surface area (Å²) in [7, 11) is 0. The molecule has 0 unspecified atom stereocenters. The standard InChI is InChI=1S/C22H21NO7S2/c1-13(23-30-14(2)25)20(26)18-9-8-17(12-19(18)22(28)31-3)32-16-6-4-15(5-7-16)21(27)29-11-10-24/h4-9,12,24H,10-11H2,1-3H3/b23-13+. The van der Waals surface area contributed by atoms with Gasteiger partial charge in [0, 0.05) is 27.8 Å². The van der Waals surface area contributed by atoms with Gasteiger partial charge in [0.25, 0.3) is 0 Å². The molecule has 0 heterocycles. The number of rotatable bonds is 9. The first-order valence-electron chi connectivity index (χ1n) is 9.32. The van der Waals surface area contributed by atoms with Crippen LogP contribution in [-0.2, 0) is 14.4 Å². The number of benzene rings is 2. The number of hydrogen-bond acceptors (Lipinski definition) is 10. The van der Waals surface area contributed by atoms with Gasteiger partial charge < -0.3 is 14.7 Å². The number of carbonyl (C=O) groups is 4. The van der Waals surface area contributed by atoms with E-state index in [0.717, 1.165) is 16.7 Å². The average molecular weight is 476 g/mol. The third kappa shape index (κ3) is 7.04. The van der Waals surface area contributed by atoms with Gasteiger partial charge in [-0.15, -0.1) is 0 Å². The number of thioether (sulfide) groups is 1. The van der Waals surface area contributed by atoms with Gasteiger partial charge >= 0.3 is 11.9 Å². The van der Waals surface area contributed by atoms with Crippen molar-refractivity contribution >= 4 is 52.1 Å². The number of esters is 1. The second kappa shape index (κ2) is 12.2. The lowest BCUT2D eigenvalue weighted by molar-refractivity contribution is -0.140. The van der Waals surface area contributed by atoms with Gasteiger partial charge in [0.15, 0.2) is 0 Å². The fraction of sp³-hybridized carbons (Fsp3) is 0.227. The highest BCUT2D eigenvalue weighted by Crippen LogP contribution is 2.31. The lowest BCUT2D eigenvalue weighted by Crippen LogP contribution is -2.15. The first-order chi connectivity index (χ1) is 15.3. The van der Waals surface area contributed by atoms with Gasteiger partial charge in [-0.05, 0) is 55.6 Å². The zero-order valence-corrected chi connectivity index (χ0v) is 19.2. The molecule has 2 rings (SSSR count). The third-order valence-corrected chi connectivity index (χ3v) is 5.52. The molecular weight excluding hydrogens is 454 g/mol. The summed E-state index contributed by atoms with van der Waals surface area (Å²) in [6.07, 6.45) is 1.62. The molecule has 0 aliphatic rings. The van der Waals surface area contributed by atoms with Crippen LogP contribution in [0, 0.1) is 0 Å². The summed E-state index contributed by atoms with van der Waals surface area (Å²) in [6, 6.07) is 11.5. The summed E-state index contributed by atoms with van der Waals surface area (Å²) in [5.74, 6) is -1.71. The van der Waals surface area contributed by atoms with Crippen molar-refractivity contribution < 1.29 is 33.9 Å². The number of ether oxygens (including phenoxy) is 1. The van der Waals surface area contributed by atoms with Crippen LogP contribution in [0.25, 0.3) is 0 Å². The number of oxime groups is 1. The first kappa shape index (κ1) is 25.3. The smallest absolute Gasteiger partial charge is 0.338 e. The summed E-state index contributed by atoms with van der Waals surface area (Å²) in [4.78, 5) is 53.9. The second-order valence-corrected chi connectivity index (χ2v) is 8.20. The summed E-state index contributed by atoms with van der Waals surface area (Å²) in [5, 5.41) is 11.9. The molecule has 1 N–H and O–H groups in total. The van der Waals surface area contributed by atoms with Gasteiger partial charge in [-0.2, -0.15) is 0 Å². The minimum Gasteiger partial charge on any atom is -0.460 e. The maximum absolute atomic E-state index is 12.7. The topological polar surface area (TPSA) is 119 Å². The Morgan fingerprint density at radius 2 is 1.62 bits per heavy atom. The van der Waals surface area contributed by atoms with Crippen LogP contribution in [0.3, 0.4) is 0 Å². The number of ketones is 1. The molecule has 2 aromatic rings. The molecular formula is C22H21NO7S2. The van der Waals surface area contributed by atoms with Crippen LogP contribution in [0.15, 0.2) is 57.4 Å². The minimum atomic E-state index is -0.656. The first-order valence-corrected chi connectivity index (χ1v) is 11.4. The molecule has 0 bridgehead atoms. The highest BCUT2D eigenvalue weighted by Gasteiger charge is 2.20. The Morgan fingerprint density at radius 3 is 2.22 bits per heavy atom. The predicted octanol–water partition coefficient (Wildman–Crippen LogP) is 3.61. The predicted molar refractivity (Wildman–Crippen MR) is 121 cm³/mol. The van der Waals surface area contributed by atoms with Crippen LogP contribution in [0.2, 0.25) is 0 Å². The van der Waals surface area contributed by atoms with Gasteiger partial charge in [0.2, 0.25) is 10.9 Å². The zero-order chi connectivity index (χ0) is 23.7. The molecule has 168 valence electrons. The molecule has 10 heteroatoms. The molecule has 0 fully saturated rings. The highest BCUT2D eigenvalue weighted by atomic mass is 32.2. The number of aliphatic hydroxyl groups is 1. The van der Waals surface area contributed by atoms with E-state index >= 15 is 0 Å². The van der Waals surface area contributed by atoms with Crippen LogP contribution < -0.4 is 0 Å². The van der Waals surface area contributed by atoms with Crippen LogP contribution in [0.4, 0.5) is 0 Å². The lowest BCUT2D eigenvalue weighted by atomic mass is 10.0. The van der Waals surface area contributed by atoms with E-state index in [0.29, 0.717) is 10.5 Å². The van der Waals surface area contributed by atoms with E-state index in [4.69, 9.17) is 9.84 Å². The fourth-order valence-electron chi connectivity index (χ4n) is 2.45.